The topological polar surface area (TPSA) is 43.4 Å². The SMILES string of the molecule is C/C(=C\CCC(C)C1=CCC2=C(C1)C(=O)OC2=O)C(C)(C)C. The lowest BCUT2D eigenvalue weighted by atomic mass is 9.83. The summed E-state index contributed by atoms with van der Waals surface area (Å²) in [6.07, 6.45) is 7.63. The Morgan fingerprint density at radius 1 is 1.27 bits per heavy atom. The third kappa shape index (κ3) is 3.57. The van der Waals surface area contributed by atoms with Crippen LogP contribution in [-0.4, -0.2) is 11.9 Å². The van der Waals surface area contributed by atoms with Crippen molar-refractivity contribution in [1.29, 1.82) is 0 Å². The number of carbonyl (C=O) groups excluding carboxylic acids is 2. The molecule has 1 aliphatic carbocycles. The maximum Gasteiger partial charge on any atom is 0.342 e. The van der Waals surface area contributed by atoms with E-state index < -0.39 is 11.9 Å². The van der Waals surface area contributed by atoms with Gasteiger partial charge >= 0.3 is 11.9 Å². The van der Waals surface area contributed by atoms with E-state index in [0.717, 1.165) is 12.8 Å². The number of rotatable bonds is 4. The standard InChI is InChI=1S/C19H26O3/c1-12(7-6-8-13(2)19(3,4)5)14-9-10-15-16(11-14)18(21)22-17(15)20/h8-9,12H,6-7,10-11H2,1-5H3/b13-8+. The van der Waals surface area contributed by atoms with E-state index in [1.165, 1.54) is 11.1 Å². The minimum Gasteiger partial charge on any atom is -0.386 e. The van der Waals surface area contributed by atoms with E-state index in [9.17, 15) is 9.59 Å². The first kappa shape index (κ1) is 16.7. The Morgan fingerprint density at radius 2 is 1.91 bits per heavy atom. The number of allylic oxidation sites excluding steroid dienone is 4. The largest absolute Gasteiger partial charge is 0.386 e. The van der Waals surface area contributed by atoms with E-state index in [1.807, 2.05) is 0 Å². The second-order valence-electron chi connectivity index (χ2n) is 7.41. The molecular weight excluding hydrogens is 276 g/mol. The maximum absolute atomic E-state index is 11.7. The van der Waals surface area contributed by atoms with Gasteiger partial charge in [0.25, 0.3) is 0 Å². The van der Waals surface area contributed by atoms with Crippen molar-refractivity contribution in [3.63, 3.8) is 0 Å². The van der Waals surface area contributed by atoms with Crippen LogP contribution in [-0.2, 0) is 14.3 Å². The van der Waals surface area contributed by atoms with Gasteiger partial charge in [-0.15, -0.1) is 0 Å². The highest BCUT2D eigenvalue weighted by Gasteiger charge is 2.35. The normalized spacial score (nSPS) is 20.8. The van der Waals surface area contributed by atoms with E-state index in [-0.39, 0.29) is 5.41 Å². The number of esters is 2. The Kier molecular flexibility index (Phi) is 4.74. The molecule has 3 nitrogen and oxygen atoms in total. The highest BCUT2D eigenvalue weighted by atomic mass is 16.6. The van der Waals surface area contributed by atoms with E-state index in [4.69, 9.17) is 4.74 Å². The molecule has 1 aliphatic heterocycles. The molecule has 3 heteroatoms. The van der Waals surface area contributed by atoms with Crippen LogP contribution in [0.5, 0.6) is 0 Å². The number of carbonyl (C=O) groups is 2. The van der Waals surface area contributed by atoms with Gasteiger partial charge in [-0.1, -0.05) is 51.0 Å². The van der Waals surface area contributed by atoms with Crippen LogP contribution >= 0.6 is 0 Å². The van der Waals surface area contributed by atoms with Crippen molar-refractivity contribution in [1.82, 2.24) is 0 Å². The molecule has 0 aromatic heterocycles. The van der Waals surface area contributed by atoms with Gasteiger partial charge in [0.1, 0.15) is 0 Å². The molecule has 0 bridgehead atoms. The van der Waals surface area contributed by atoms with Crippen LogP contribution in [0, 0.1) is 11.3 Å². The summed E-state index contributed by atoms with van der Waals surface area (Å²) in [5.74, 6) is -0.477. The summed E-state index contributed by atoms with van der Waals surface area (Å²) >= 11 is 0. The fourth-order valence-corrected chi connectivity index (χ4v) is 2.77. The fourth-order valence-electron chi connectivity index (χ4n) is 2.77. The lowest BCUT2D eigenvalue weighted by molar-refractivity contribution is -0.151. The molecule has 0 aromatic rings. The van der Waals surface area contributed by atoms with Gasteiger partial charge < -0.3 is 4.74 Å². The summed E-state index contributed by atoms with van der Waals surface area (Å²) in [4.78, 5) is 23.2. The summed E-state index contributed by atoms with van der Waals surface area (Å²) in [5.41, 5.74) is 4.03. The van der Waals surface area contributed by atoms with Gasteiger partial charge in [-0.25, -0.2) is 9.59 Å². The summed E-state index contributed by atoms with van der Waals surface area (Å²) in [6, 6.07) is 0. The Labute approximate surface area is 133 Å². The van der Waals surface area contributed by atoms with E-state index in [1.54, 1.807) is 0 Å². The maximum atomic E-state index is 11.7. The predicted octanol–water partition coefficient (Wildman–Crippen LogP) is 4.50. The molecule has 0 aromatic carbocycles. The van der Waals surface area contributed by atoms with Gasteiger partial charge in [0.2, 0.25) is 0 Å². The van der Waals surface area contributed by atoms with Crippen molar-refractivity contribution in [2.75, 3.05) is 0 Å². The summed E-state index contributed by atoms with van der Waals surface area (Å²) in [6.45, 7) is 11.1. The molecule has 0 saturated heterocycles. The molecule has 0 N–H and O–H groups in total. The molecule has 0 spiro atoms. The first-order valence-corrected chi connectivity index (χ1v) is 8.05. The van der Waals surface area contributed by atoms with Crippen LogP contribution in [0.3, 0.4) is 0 Å². The van der Waals surface area contributed by atoms with Crippen molar-refractivity contribution < 1.29 is 14.3 Å². The molecule has 1 unspecified atom stereocenters. The zero-order valence-electron chi connectivity index (χ0n) is 14.3. The average Bonchev–Trinajstić information content (AvgIpc) is 2.72. The molecule has 22 heavy (non-hydrogen) atoms. The van der Waals surface area contributed by atoms with Crippen molar-refractivity contribution in [3.05, 3.63) is 34.4 Å². The van der Waals surface area contributed by atoms with Gasteiger partial charge in [0.15, 0.2) is 0 Å². The van der Waals surface area contributed by atoms with E-state index in [0.29, 0.717) is 29.9 Å². The third-order valence-corrected chi connectivity index (χ3v) is 4.86. The van der Waals surface area contributed by atoms with Crippen molar-refractivity contribution >= 4 is 11.9 Å². The van der Waals surface area contributed by atoms with Gasteiger partial charge in [-0.05, 0) is 37.5 Å². The molecule has 0 amide bonds. The summed E-state index contributed by atoms with van der Waals surface area (Å²) < 4.78 is 4.69. The first-order chi connectivity index (χ1) is 10.2. The van der Waals surface area contributed by atoms with Crippen LogP contribution < -0.4 is 0 Å². The number of cyclic esters (lactones) is 2. The molecule has 2 rings (SSSR count). The minimum atomic E-state index is -0.452. The molecule has 1 heterocycles. The molecular formula is C19H26O3. The monoisotopic (exact) mass is 302 g/mol. The Hall–Kier alpha value is -1.64. The first-order valence-electron chi connectivity index (χ1n) is 8.05. The van der Waals surface area contributed by atoms with Crippen molar-refractivity contribution in [3.8, 4) is 0 Å². The van der Waals surface area contributed by atoms with Gasteiger partial charge in [-0.3, -0.25) is 0 Å². The third-order valence-electron chi connectivity index (χ3n) is 4.86. The van der Waals surface area contributed by atoms with E-state index in [2.05, 4.69) is 46.8 Å². The summed E-state index contributed by atoms with van der Waals surface area (Å²) in [5, 5.41) is 0. The second-order valence-corrected chi connectivity index (χ2v) is 7.41. The lowest BCUT2D eigenvalue weighted by Gasteiger charge is -2.21. The molecule has 0 radical (unpaired) electrons. The molecule has 0 saturated carbocycles. The van der Waals surface area contributed by atoms with Gasteiger partial charge in [0, 0.05) is 6.42 Å². The smallest absolute Gasteiger partial charge is 0.342 e. The van der Waals surface area contributed by atoms with Crippen LogP contribution in [0.4, 0.5) is 0 Å². The number of ether oxygens (including phenoxy) is 1. The van der Waals surface area contributed by atoms with Crippen molar-refractivity contribution in [2.45, 2.75) is 60.3 Å². The molecule has 120 valence electrons. The van der Waals surface area contributed by atoms with Crippen LogP contribution in [0.1, 0.15) is 60.3 Å². The Morgan fingerprint density at radius 3 is 2.55 bits per heavy atom. The van der Waals surface area contributed by atoms with Gasteiger partial charge in [-0.2, -0.15) is 0 Å². The van der Waals surface area contributed by atoms with Crippen molar-refractivity contribution in [2.24, 2.45) is 11.3 Å². The number of hydrogen-bond acceptors (Lipinski definition) is 3. The Balaban J connectivity index is 1.93. The fraction of sp³-hybridized carbons (Fsp3) is 0.579. The highest BCUT2D eigenvalue weighted by Crippen LogP contribution is 2.35. The predicted molar refractivity (Wildman–Crippen MR) is 87.1 cm³/mol. The van der Waals surface area contributed by atoms with Crippen LogP contribution in [0.25, 0.3) is 0 Å². The van der Waals surface area contributed by atoms with Gasteiger partial charge in [0.05, 0.1) is 11.1 Å². The highest BCUT2D eigenvalue weighted by molar-refractivity contribution is 6.13. The minimum absolute atomic E-state index is 0.223. The lowest BCUT2D eigenvalue weighted by Crippen LogP contribution is -2.09. The second kappa shape index (κ2) is 6.23. The zero-order valence-corrected chi connectivity index (χ0v) is 14.3. The molecule has 2 aliphatic rings. The Bertz CT molecular complexity index is 582. The molecule has 1 atom stereocenters. The van der Waals surface area contributed by atoms with Crippen LogP contribution in [0.15, 0.2) is 34.4 Å². The van der Waals surface area contributed by atoms with Crippen LogP contribution in [0.2, 0.25) is 0 Å². The quantitative estimate of drug-likeness (QED) is 0.436. The molecule has 0 fully saturated rings. The number of hydrogen-bond donors (Lipinski definition) is 0. The zero-order chi connectivity index (χ0) is 16.5. The average molecular weight is 302 g/mol. The summed E-state index contributed by atoms with van der Waals surface area (Å²) in [7, 11) is 0. The van der Waals surface area contributed by atoms with E-state index >= 15 is 0 Å².